The van der Waals surface area contributed by atoms with Gasteiger partial charge in [0.2, 0.25) is 0 Å². The lowest BCUT2D eigenvalue weighted by atomic mass is 9.97. The molecule has 0 atom stereocenters. The van der Waals surface area contributed by atoms with E-state index in [1.807, 2.05) is 0 Å². The third kappa shape index (κ3) is 8.69. The second-order valence-corrected chi connectivity index (χ2v) is 10.9. The second-order valence-electron chi connectivity index (χ2n) is 10.9. The van der Waals surface area contributed by atoms with E-state index in [4.69, 9.17) is 19.2 Å². The summed E-state index contributed by atoms with van der Waals surface area (Å²) < 4.78 is 10.6. The highest BCUT2D eigenvalue weighted by atomic mass is 17.2. The van der Waals surface area contributed by atoms with E-state index >= 15 is 0 Å². The van der Waals surface area contributed by atoms with Gasteiger partial charge in [0.25, 0.3) is 0 Å². The Balaban J connectivity index is 1.52. The monoisotopic (exact) mass is 652 g/mol. The van der Waals surface area contributed by atoms with Crippen LogP contribution in [0.15, 0.2) is 97.1 Å². The Labute approximate surface area is 275 Å². The van der Waals surface area contributed by atoms with Crippen molar-refractivity contribution >= 4 is 35.7 Å². The van der Waals surface area contributed by atoms with Crippen LogP contribution in [0.25, 0.3) is 0 Å². The van der Waals surface area contributed by atoms with Crippen LogP contribution in [0, 0.1) is 0 Å². The minimum Gasteiger partial charge on any atom is -0.410 e. The number of ether oxygens (including phenoxy) is 2. The first kappa shape index (κ1) is 34.6. The molecule has 2 N–H and O–H groups in total. The summed E-state index contributed by atoms with van der Waals surface area (Å²) >= 11 is 0. The van der Waals surface area contributed by atoms with Crippen molar-refractivity contribution in [1.82, 2.24) is 10.6 Å². The Morgan fingerprint density at radius 3 is 1.06 bits per heavy atom. The van der Waals surface area contributed by atoms with E-state index in [0.29, 0.717) is 0 Å². The Bertz CT molecular complexity index is 1730. The van der Waals surface area contributed by atoms with E-state index in [9.17, 15) is 28.8 Å². The SMILES string of the molecule is CC(C)NC(=O)Oc1ccccc1C(=O)c1ccccc1C(=O)OOC(=O)c1ccccc1C(=O)c1ccccc1OC(=O)NC(C)C. The molecule has 4 aromatic rings. The number of carbonyl (C=O) groups excluding carboxylic acids is 6. The Hall–Kier alpha value is -6.30. The average molecular weight is 653 g/mol. The van der Waals surface area contributed by atoms with Gasteiger partial charge in [-0.3, -0.25) is 9.59 Å². The summed E-state index contributed by atoms with van der Waals surface area (Å²) in [6.45, 7) is 6.98. The predicted octanol–water partition coefficient (Wildman–Crippen LogP) is 6.07. The van der Waals surface area contributed by atoms with Gasteiger partial charge in [0.15, 0.2) is 11.6 Å². The van der Waals surface area contributed by atoms with Gasteiger partial charge in [0.05, 0.1) is 22.3 Å². The third-order valence-electron chi connectivity index (χ3n) is 6.46. The van der Waals surface area contributed by atoms with Crippen molar-refractivity contribution in [2.24, 2.45) is 0 Å². The first-order chi connectivity index (χ1) is 23.0. The zero-order valence-corrected chi connectivity index (χ0v) is 26.5. The maximum Gasteiger partial charge on any atom is 0.412 e. The number of hydrogen-bond acceptors (Lipinski definition) is 10. The molecule has 0 unspecified atom stereocenters. The fourth-order valence-corrected chi connectivity index (χ4v) is 4.39. The number of rotatable bonds is 10. The molecule has 4 rings (SSSR count). The van der Waals surface area contributed by atoms with Crippen molar-refractivity contribution in [1.29, 1.82) is 0 Å². The quantitative estimate of drug-likeness (QED) is 0.117. The summed E-state index contributed by atoms with van der Waals surface area (Å²) in [5, 5.41) is 5.13. The molecule has 0 bridgehead atoms. The maximum absolute atomic E-state index is 13.6. The lowest BCUT2D eigenvalue weighted by Gasteiger charge is -2.13. The smallest absolute Gasteiger partial charge is 0.410 e. The molecule has 0 aromatic heterocycles. The highest BCUT2D eigenvalue weighted by molar-refractivity contribution is 6.17. The Morgan fingerprint density at radius 2 is 0.729 bits per heavy atom. The van der Waals surface area contributed by atoms with Crippen LogP contribution in [-0.2, 0) is 9.78 Å². The van der Waals surface area contributed by atoms with Gasteiger partial charge in [-0.25, -0.2) is 29.0 Å². The summed E-state index contributed by atoms with van der Waals surface area (Å²) in [4.78, 5) is 87.4. The topological polar surface area (TPSA) is 163 Å². The molecule has 246 valence electrons. The first-order valence-electron chi connectivity index (χ1n) is 14.8. The molecular weight excluding hydrogens is 620 g/mol. The number of hydrogen-bond donors (Lipinski definition) is 2. The highest BCUT2D eigenvalue weighted by Gasteiger charge is 2.27. The minimum atomic E-state index is -1.18. The largest absolute Gasteiger partial charge is 0.412 e. The van der Waals surface area contributed by atoms with Gasteiger partial charge >= 0.3 is 24.1 Å². The van der Waals surface area contributed by atoms with Crippen molar-refractivity contribution in [2.75, 3.05) is 0 Å². The van der Waals surface area contributed by atoms with Crippen LogP contribution >= 0.6 is 0 Å². The molecular formula is C36H32N2O10. The molecule has 2 amide bonds. The molecule has 0 heterocycles. The van der Waals surface area contributed by atoms with Gasteiger partial charge in [-0.15, -0.1) is 0 Å². The van der Waals surface area contributed by atoms with Gasteiger partial charge in [-0.1, -0.05) is 60.7 Å². The number of amides is 2. The molecule has 0 aliphatic rings. The van der Waals surface area contributed by atoms with Gasteiger partial charge in [-0.05, 0) is 64.1 Å². The van der Waals surface area contributed by atoms with E-state index in [0.717, 1.165) is 0 Å². The maximum atomic E-state index is 13.6. The van der Waals surface area contributed by atoms with Crippen molar-refractivity contribution in [3.8, 4) is 11.5 Å². The first-order valence-corrected chi connectivity index (χ1v) is 14.8. The van der Waals surface area contributed by atoms with Crippen molar-refractivity contribution < 1.29 is 48.0 Å². The second kappa shape index (κ2) is 15.8. The summed E-state index contributed by atoms with van der Waals surface area (Å²) in [5.41, 5.74) is -0.738. The van der Waals surface area contributed by atoms with Gasteiger partial charge in [0.1, 0.15) is 11.5 Å². The number of nitrogens with one attached hydrogen (secondary N) is 2. The Kier molecular flexibility index (Phi) is 11.4. The Morgan fingerprint density at radius 1 is 0.438 bits per heavy atom. The number of ketones is 2. The highest BCUT2D eigenvalue weighted by Crippen LogP contribution is 2.26. The van der Waals surface area contributed by atoms with Crippen LogP contribution < -0.4 is 20.1 Å². The molecule has 0 fully saturated rings. The average Bonchev–Trinajstić information content (AvgIpc) is 3.06. The fraction of sp³-hybridized carbons (Fsp3) is 0.167. The molecule has 12 nitrogen and oxygen atoms in total. The molecule has 0 aliphatic heterocycles. The standard InChI is InChI=1S/C36H32N2O10/c1-21(2)37-35(43)45-29-19-11-9-17-27(29)31(39)23-13-5-7-15-25(23)33(41)47-48-34(42)26-16-8-6-14-24(26)32(40)28-18-10-12-20-30(28)46-36(44)38-22(3)4/h5-22H,1-4H3,(H,37,43)(H,38,44). The summed E-state index contributed by atoms with van der Waals surface area (Å²) in [7, 11) is 0. The normalized spacial score (nSPS) is 10.5. The van der Waals surface area contributed by atoms with Crippen molar-refractivity contribution in [2.45, 2.75) is 39.8 Å². The summed E-state index contributed by atoms with van der Waals surface area (Å²) in [6, 6.07) is 22.9. The number of benzene rings is 4. The summed E-state index contributed by atoms with van der Waals surface area (Å²) in [5.74, 6) is -3.77. The molecule has 4 aromatic carbocycles. The van der Waals surface area contributed by atoms with Crippen LogP contribution in [0.5, 0.6) is 11.5 Å². The van der Waals surface area contributed by atoms with E-state index in [2.05, 4.69) is 10.6 Å². The molecule has 0 saturated heterocycles. The van der Waals surface area contributed by atoms with E-state index < -0.39 is 35.7 Å². The zero-order valence-electron chi connectivity index (χ0n) is 26.5. The molecule has 12 heteroatoms. The molecule has 48 heavy (non-hydrogen) atoms. The van der Waals surface area contributed by atoms with Gasteiger partial charge in [0, 0.05) is 23.2 Å². The third-order valence-corrected chi connectivity index (χ3v) is 6.46. The summed E-state index contributed by atoms with van der Waals surface area (Å²) in [6.07, 6.45) is -1.53. The number of para-hydroxylation sites is 2. The van der Waals surface area contributed by atoms with Crippen LogP contribution in [0.3, 0.4) is 0 Å². The van der Waals surface area contributed by atoms with Gasteiger partial charge < -0.3 is 20.1 Å². The van der Waals surface area contributed by atoms with Crippen molar-refractivity contribution in [3.05, 3.63) is 130 Å². The minimum absolute atomic E-state index is 0.00737. The molecule has 0 aliphatic carbocycles. The van der Waals surface area contributed by atoms with Crippen LogP contribution in [0.2, 0.25) is 0 Å². The predicted molar refractivity (Wildman–Crippen MR) is 172 cm³/mol. The zero-order chi connectivity index (χ0) is 34.8. The van der Waals surface area contributed by atoms with E-state index in [1.165, 1.54) is 72.8 Å². The van der Waals surface area contributed by atoms with Gasteiger partial charge in [-0.2, -0.15) is 0 Å². The molecule has 0 spiro atoms. The van der Waals surface area contributed by atoms with E-state index in [-0.39, 0.29) is 57.0 Å². The van der Waals surface area contributed by atoms with Crippen LogP contribution in [-0.4, -0.2) is 47.8 Å². The van der Waals surface area contributed by atoms with Crippen LogP contribution in [0.1, 0.15) is 80.3 Å². The van der Waals surface area contributed by atoms with E-state index in [1.54, 1.807) is 52.0 Å². The lowest BCUT2D eigenvalue weighted by molar-refractivity contribution is -0.187. The molecule has 0 radical (unpaired) electrons. The fourth-order valence-electron chi connectivity index (χ4n) is 4.39. The molecule has 0 saturated carbocycles. The number of carbonyl (C=O) groups is 6. The van der Waals surface area contributed by atoms with Crippen LogP contribution in [0.4, 0.5) is 9.59 Å². The van der Waals surface area contributed by atoms with Crippen molar-refractivity contribution in [3.63, 3.8) is 0 Å². The lowest BCUT2D eigenvalue weighted by Crippen LogP contribution is -2.33.